The van der Waals surface area contributed by atoms with Gasteiger partial charge in [0, 0.05) is 26.1 Å². The predicted octanol–water partition coefficient (Wildman–Crippen LogP) is 1.37. The molecule has 2 heterocycles. The fourth-order valence-corrected chi connectivity index (χ4v) is 4.65. The Morgan fingerprint density at radius 1 is 1.35 bits per heavy atom. The van der Waals surface area contributed by atoms with E-state index in [0.29, 0.717) is 26.1 Å². The Balaban J connectivity index is 2.27. The maximum Gasteiger partial charge on any atom is 0.223 e. The molecule has 2 fully saturated rings. The molecule has 114 valence electrons. The van der Waals surface area contributed by atoms with Crippen LogP contribution in [-0.4, -0.2) is 54.5 Å². The van der Waals surface area contributed by atoms with Crippen LogP contribution in [0.15, 0.2) is 12.7 Å². The normalized spacial score (nSPS) is 28.9. The lowest BCUT2D eigenvalue weighted by molar-refractivity contribution is -0.143. The van der Waals surface area contributed by atoms with Gasteiger partial charge in [0.25, 0.3) is 0 Å². The summed E-state index contributed by atoms with van der Waals surface area (Å²) in [5, 5.41) is 0. The highest BCUT2D eigenvalue weighted by atomic mass is 32.2. The number of nitrogens with zero attached hydrogens (tertiary/aromatic N) is 2. The molecular weight excluding hydrogens is 276 g/mol. The Morgan fingerprint density at radius 2 is 2.05 bits per heavy atom. The number of hydrogen-bond donors (Lipinski definition) is 0. The van der Waals surface area contributed by atoms with Crippen molar-refractivity contribution in [3.05, 3.63) is 12.7 Å². The van der Waals surface area contributed by atoms with Crippen LogP contribution in [0.5, 0.6) is 0 Å². The van der Waals surface area contributed by atoms with Gasteiger partial charge in [-0.3, -0.25) is 4.79 Å². The van der Waals surface area contributed by atoms with Crippen LogP contribution in [0.1, 0.15) is 39.0 Å². The van der Waals surface area contributed by atoms with Gasteiger partial charge in [0.05, 0.1) is 11.3 Å². The van der Waals surface area contributed by atoms with Crippen LogP contribution in [0.25, 0.3) is 0 Å². The highest BCUT2D eigenvalue weighted by Gasteiger charge is 2.46. The van der Waals surface area contributed by atoms with Crippen molar-refractivity contribution in [2.75, 3.05) is 25.4 Å². The monoisotopic (exact) mass is 300 g/mol. The van der Waals surface area contributed by atoms with E-state index in [1.165, 1.54) is 0 Å². The Kier molecular flexibility index (Phi) is 4.54. The van der Waals surface area contributed by atoms with Crippen molar-refractivity contribution >= 4 is 15.9 Å². The number of piperidine rings is 2. The summed E-state index contributed by atoms with van der Waals surface area (Å²) in [6.07, 6.45) is 5.76. The first kappa shape index (κ1) is 15.5. The molecule has 6 heteroatoms. The van der Waals surface area contributed by atoms with Gasteiger partial charge in [0.2, 0.25) is 15.9 Å². The van der Waals surface area contributed by atoms with Crippen LogP contribution in [-0.2, 0) is 14.8 Å². The van der Waals surface area contributed by atoms with E-state index >= 15 is 0 Å². The smallest absolute Gasteiger partial charge is 0.223 e. The summed E-state index contributed by atoms with van der Waals surface area (Å²) in [6, 6.07) is 0. The van der Waals surface area contributed by atoms with Gasteiger partial charge >= 0.3 is 0 Å². The third-order valence-corrected chi connectivity index (χ3v) is 6.32. The molecule has 1 atom stereocenters. The molecule has 1 amide bonds. The summed E-state index contributed by atoms with van der Waals surface area (Å²) in [5.74, 6) is 0.255. The molecule has 0 saturated carbocycles. The van der Waals surface area contributed by atoms with Crippen LogP contribution in [0, 0.1) is 0 Å². The van der Waals surface area contributed by atoms with E-state index < -0.39 is 10.0 Å². The maximum absolute atomic E-state index is 12.2. The average molecular weight is 300 g/mol. The van der Waals surface area contributed by atoms with E-state index in [4.69, 9.17) is 0 Å². The molecule has 2 saturated heterocycles. The third-order valence-electron chi connectivity index (χ3n) is 4.50. The van der Waals surface area contributed by atoms with Crippen molar-refractivity contribution in [3.8, 4) is 0 Å². The molecule has 0 N–H and O–H groups in total. The maximum atomic E-state index is 12.2. The highest BCUT2D eigenvalue weighted by molar-refractivity contribution is 7.89. The summed E-state index contributed by atoms with van der Waals surface area (Å²) in [7, 11) is -3.18. The average Bonchev–Trinajstić information content (AvgIpc) is 2.43. The Labute approximate surface area is 121 Å². The van der Waals surface area contributed by atoms with Crippen molar-refractivity contribution in [1.82, 2.24) is 9.21 Å². The first-order valence-electron chi connectivity index (χ1n) is 7.34. The molecule has 0 aromatic rings. The van der Waals surface area contributed by atoms with Gasteiger partial charge in [0.1, 0.15) is 0 Å². The quantitative estimate of drug-likeness (QED) is 0.737. The zero-order valence-corrected chi connectivity index (χ0v) is 13.0. The van der Waals surface area contributed by atoms with E-state index in [1.807, 2.05) is 4.90 Å². The second-order valence-corrected chi connectivity index (χ2v) is 7.97. The topological polar surface area (TPSA) is 57.7 Å². The van der Waals surface area contributed by atoms with Crippen LogP contribution < -0.4 is 0 Å². The molecule has 2 aliphatic heterocycles. The minimum atomic E-state index is -3.18. The predicted molar refractivity (Wildman–Crippen MR) is 78.8 cm³/mol. The number of amides is 1. The third kappa shape index (κ3) is 2.76. The van der Waals surface area contributed by atoms with Gasteiger partial charge < -0.3 is 4.90 Å². The van der Waals surface area contributed by atoms with Gasteiger partial charge in [-0.25, -0.2) is 8.42 Å². The molecule has 0 aromatic heterocycles. The number of sulfonamides is 1. The molecule has 2 aliphatic rings. The zero-order chi connectivity index (χ0) is 14.8. The Morgan fingerprint density at radius 3 is 2.70 bits per heavy atom. The summed E-state index contributed by atoms with van der Waals surface area (Å²) >= 11 is 0. The van der Waals surface area contributed by atoms with Gasteiger partial charge in [-0.05, 0) is 32.6 Å². The van der Waals surface area contributed by atoms with Crippen molar-refractivity contribution < 1.29 is 13.2 Å². The minimum absolute atomic E-state index is 0.123. The molecule has 5 nitrogen and oxygen atoms in total. The lowest BCUT2D eigenvalue weighted by atomic mass is 9.80. The summed E-state index contributed by atoms with van der Waals surface area (Å²) in [6.45, 7) is 6.93. The highest BCUT2D eigenvalue weighted by Crippen LogP contribution is 2.37. The number of hydrogen-bond acceptors (Lipinski definition) is 3. The van der Waals surface area contributed by atoms with E-state index in [0.717, 1.165) is 25.7 Å². The van der Waals surface area contributed by atoms with Crippen LogP contribution in [0.4, 0.5) is 0 Å². The largest absolute Gasteiger partial charge is 0.332 e. The molecule has 1 spiro atoms. The number of rotatable bonds is 4. The Bertz CT molecular complexity index is 485. The molecule has 2 rings (SSSR count). The second-order valence-electron chi connectivity index (χ2n) is 5.71. The van der Waals surface area contributed by atoms with Crippen molar-refractivity contribution in [1.29, 1.82) is 0 Å². The lowest BCUT2D eigenvalue weighted by Gasteiger charge is -2.51. The fourth-order valence-electron chi connectivity index (χ4n) is 3.44. The van der Waals surface area contributed by atoms with E-state index in [-0.39, 0.29) is 17.2 Å². The van der Waals surface area contributed by atoms with Crippen molar-refractivity contribution in [3.63, 3.8) is 0 Å². The SMILES string of the molecule is C=CCN1C(=O)CCC[C@]12CCCN(S(=O)(=O)CC)C2. The fraction of sp³-hybridized carbons (Fsp3) is 0.786. The molecular formula is C14H24N2O3S. The molecule has 0 bridgehead atoms. The molecule has 0 aliphatic carbocycles. The lowest BCUT2D eigenvalue weighted by Crippen LogP contribution is -2.63. The zero-order valence-electron chi connectivity index (χ0n) is 12.2. The summed E-state index contributed by atoms with van der Waals surface area (Å²) in [5.41, 5.74) is -0.315. The van der Waals surface area contributed by atoms with E-state index in [2.05, 4.69) is 6.58 Å². The Hall–Kier alpha value is -0.880. The molecule has 0 unspecified atom stereocenters. The van der Waals surface area contributed by atoms with Gasteiger partial charge in [0.15, 0.2) is 0 Å². The van der Waals surface area contributed by atoms with Gasteiger partial charge in [-0.1, -0.05) is 6.08 Å². The molecule has 0 aromatic carbocycles. The minimum Gasteiger partial charge on any atom is -0.332 e. The molecule has 0 radical (unpaired) electrons. The number of carbonyl (C=O) groups is 1. The van der Waals surface area contributed by atoms with Crippen molar-refractivity contribution in [2.45, 2.75) is 44.6 Å². The number of likely N-dealkylation sites (tertiary alicyclic amines) is 1. The van der Waals surface area contributed by atoms with Crippen LogP contribution in [0.3, 0.4) is 0 Å². The van der Waals surface area contributed by atoms with E-state index in [1.54, 1.807) is 17.3 Å². The molecule has 20 heavy (non-hydrogen) atoms. The first-order valence-corrected chi connectivity index (χ1v) is 8.95. The number of carbonyl (C=O) groups excluding carboxylic acids is 1. The first-order chi connectivity index (χ1) is 9.45. The van der Waals surface area contributed by atoms with Gasteiger partial charge in [-0.15, -0.1) is 6.58 Å². The second kappa shape index (κ2) is 5.85. The summed E-state index contributed by atoms with van der Waals surface area (Å²) in [4.78, 5) is 14.1. The van der Waals surface area contributed by atoms with Gasteiger partial charge in [-0.2, -0.15) is 4.31 Å². The van der Waals surface area contributed by atoms with Crippen LogP contribution in [0.2, 0.25) is 0 Å². The standard InChI is InChI=1S/C14H24N2O3S/c1-3-10-16-13(17)7-5-8-14(16)9-6-11-15(12-14)20(18,19)4-2/h3H,1,4-12H2,2H3/t14-/m1/s1. The van der Waals surface area contributed by atoms with Crippen LogP contribution >= 0.6 is 0 Å². The summed E-state index contributed by atoms with van der Waals surface area (Å²) < 4.78 is 25.8. The van der Waals surface area contributed by atoms with Crippen molar-refractivity contribution in [2.24, 2.45) is 0 Å². The van der Waals surface area contributed by atoms with E-state index in [9.17, 15) is 13.2 Å².